The van der Waals surface area contributed by atoms with Crippen LogP contribution in [0.4, 0.5) is 0 Å². The molecule has 138 valence electrons. The third-order valence-corrected chi connectivity index (χ3v) is 7.83. The molecule has 1 aliphatic rings. The van der Waals surface area contributed by atoms with Crippen LogP contribution in [-0.4, -0.2) is 39.5 Å². The number of unbranched alkanes of at least 4 members (excludes halogenated alkanes) is 2. The van der Waals surface area contributed by atoms with E-state index in [9.17, 15) is 0 Å². The van der Waals surface area contributed by atoms with Gasteiger partial charge in [0.2, 0.25) is 0 Å². The van der Waals surface area contributed by atoms with E-state index in [0.717, 1.165) is 61.4 Å². The summed E-state index contributed by atoms with van der Waals surface area (Å²) in [6.07, 6.45) is 14.0. The molecule has 0 fully saturated rings. The van der Waals surface area contributed by atoms with Crippen molar-refractivity contribution in [3.8, 4) is 12.3 Å². The summed E-state index contributed by atoms with van der Waals surface area (Å²) in [5.74, 6) is 2.89. The number of rotatable bonds is 9. The van der Waals surface area contributed by atoms with Crippen molar-refractivity contribution in [2.75, 3.05) is 26.2 Å². The molecule has 2 unspecified atom stereocenters. The highest BCUT2D eigenvalue weighted by Crippen LogP contribution is 2.44. The Balaban J connectivity index is 0.00000529. The fourth-order valence-electron chi connectivity index (χ4n) is 3.01. The monoisotopic (exact) mass is 523 g/mol. The number of allylic oxidation sites excluding steroid dienone is 3. The smallest absolute Gasteiger partial charge is 0.140 e. The Kier molecular flexibility index (Phi) is 12.0. The van der Waals surface area contributed by atoms with Crippen molar-refractivity contribution >= 4 is 57.4 Å². The van der Waals surface area contributed by atoms with Crippen molar-refractivity contribution in [2.24, 2.45) is 0 Å². The first kappa shape index (κ1) is 24.9. The molecule has 0 aliphatic heterocycles. The number of terminal acetylenes is 1. The van der Waals surface area contributed by atoms with E-state index in [-0.39, 0.29) is 21.2 Å². The summed E-state index contributed by atoms with van der Waals surface area (Å²) in [6, 6.07) is 0. The fourth-order valence-corrected chi connectivity index (χ4v) is 5.10. The van der Waals surface area contributed by atoms with Gasteiger partial charge in [-0.1, -0.05) is 72.5 Å². The van der Waals surface area contributed by atoms with E-state index >= 15 is 0 Å². The van der Waals surface area contributed by atoms with E-state index in [1.165, 1.54) is 0 Å². The number of hydrogen-bond acceptors (Lipinski definition) is 0. The molecular formula is C18H26Cl4IN. The van der Waals surface area contributed by atoms with E-state index in [1.54, 1.807) is 0 Å². The van der Waals surface area contributed by atoms with Gasteiger partial charge in [-0.15, -0.1) is 18.0 Å². The fraction of sp³-hybridized carbons (Fsp3) is 0.667. The van der Waals surface area contributed by atoms with Crippen LogP contribution in [0.3, 0.4) is 0 Å². The Morgan fingerprint density at radius 2 is 1.79 bits per heavy atom. The van der Waals surface area contributed by atoms with Gasteiger partial charge >= 0.3 is 0 Å². The maximum Gasteiger partial charge on any atom is 0.140 e. The van der Waals surface area contributed by atoms with E-state index < -0.39 is 0 Å². The summed E-state index contributed by atoms with van der Waals surface area (Å²) in [4.78, 5) is 0. The number of nitrogens with zero attached hydrogens (tertiary/aromatic N) is 1. The molecule has 0 saturated carbocycles. The third-order valence-electron chi connectivity index (χ3n) is 4.37. The van der Waals surface area contributed by atoms with Crippen LogP contribution in [-0.2, 0) is 0 Å². The Labute approximate surface area is 182 Å². The van der Waals surface area contributed by atoms with Crippen LogP contribution < -0.4 is 12.4 Å². The molecule has 2 atom stereocenters. The molecule has 0 saturated heterocycles. The quantitative estimate of drug-likeness (QED) is 0.188. The highest BCUT2D eigenvalue weighted by molar-refractivity contribution is 14.1. The molecule has 0 bridgehead atoms. The van der Waals surface area contributed by atoms with Crippen molar-refractivity contribution < 1.29 is 16.9 Å². The van der Waals surface area contributed by atoms with Crippen LogP contribution in [0.1, 0.15) is 39.5 Å². The third kappa shape index (κ3) is 6.56. The zero-order valence-corrected chi connectivity index (χ0v) is 19.5. The Morgan fingerprint density at radius 1 is 1.25 bits per heavy atom. The summed E-state index contributed by atoms with van der Waals surface area (Å²) < 4.78 is 0.511. The van der Waals surface area contributed by atoms with Gasteiger partial charge in [0.25, 0.3) is 0 Å². The lowest BCUT2D eigenvalue weighted by atomic mass is 9.96. The van der Waals surface area contributed by atoms with Crippen molar-refractivity contribution in [1.82, 2.24) is 0 Å². The lowest BCUT2D eigenvalue weighted by molar-refractivity contribution is -0.922. The molecule has 0 aromatic carbocycles. The molecule has 0 aromatic heterocycles. The van der Waals surface area contributed by atoms with Crippen LogP contribution in [0, 0.1) is 12.3 Å². The van der Waals surface area contributed by atoms with Crippen LogP contribution in [0.5, 0.6) is 0 Å². The van der Waals surface area contributed by atoms with Gasteiger partial charge in [-0.05, 0) is 30.9 Å². The summed E-state index contributed by atoms with van der Waals surface area (Å²) in [5, 5.41) is 1.10. The Hall–Kier alpha value is 0.890. The lowest BCUT2D eigenvalue weighted by Gasteiger charge is -2.45. The molecule has 1 aliphatic carbocycles. The van der Waals surface area contributed by atoms with Gasteiger partial charge in [0, 0.05) is 10.1 Å². The second-order valence-electron chi connectivity index (χ2n) is 6.32. The van der Waals surface area contributed by atoms with E-state index in [1.807, 2.05) is 12.2 Å². The van der Waals surface area contributed by atoms with Gasteiger partial charge in [0.05, 0.1) is 18.5 Å². The van der Waals surface area contributed by atoms with Gasteiger partial charge in [-0.25, -0.2) is 0 Å². The molecule has 0 radical (unpaired) electrons. The topological polar surface area (TPSA) is 0 Å². The lowest BCUT2D eigenvalue weighted by Crippen LogP contribution is -3.00. The highest BCUT2D eigenvalue weighted by atomic mass is 127. The Bertz CT molecular complexity index is 490. The van der Waals surface area contributed by atoms with Gasteiger partial charge in [-0.3, -0.25) is 0 Å². The maximum absolute atomic E-state index is 6.63. The summed E-state index contributed by atoms with van der Waals surface area (Å²) >= 11 is 21.7. The molecule has 0 N–H and O–H groups in total. The van der Waals surface area contributed by atoms with Gasteiger partial charge in [0.15, 0.2) is 0 Å². The number of quaternary nitrogens is 1. The molecule has 0 amide bonds. The van der Waals surface area contributed by atoms with E-state index in [2.05, 4.69) is 42.4 Å². The SMILES string of the molecule is C#CC[N+](CCCC)(CCCC)CC1(I)C(Cl)=CC(Cl)=CC1Cl.[Cl-]. The number of hydrogen-bond donors (Lipinski definition) is 0. The van der Waals surface area contributed by atoms with Gasteiger partial charge in [-0.2, -0.15) is 0 Å². The summed E-state index contributed by atoms with van der Waals surface area (Å²) in [6.45, 7) is 8.11. The summed E-state index contributed by atoms with van der Waals surface area (Å²) in [5.41, 5.74) is 0. The number of halogens is 5. The zero-order valence-electron chi connectivity index (χ0n) is 14.3. The molecular weight excluding hydrogens is 499 g/mol. The zero-order chi connectivity index (χ0) is 17.5. The van der Waals surface area contributed by atoms with E-state index in [4.69, 9.17) is 41.2 Å². The standard InChI is InChI=1S/C18H26Cl3IN.ClH/c1-4-7-10-23(9-6-3,11-8-5-2)14-18(22)16(20)12-15(19)13-17(18)21;/h3,12-13,16H,4-5,7-11,14H2,1-2H3;1H/q+1;/p-1. The van der Waals surface area contributed by atoms with Crippen molar-refractivity contribution in [1.29, 1.82) is 0 Å². The highest BCUT2D eigenvalue weighted by Gasteiger charge is 2.47. The van der Waals surface area contributed by atoms with Crippen LogP contribution in [0.2, 0.25) is 0 Å². The van der Waals surface area contributed by atoms with Crippen LogP contribution >= 0.6 is 57.4 Å². The predicted octanol–water partition coefficient (Wildman–Crippen LogP) is 3.08. The Morgan fingerprint density at radius 3 is 2.21 bits per heavy atom. The molecule has 24 heavy (non-hydrogen) atoms. The van der Waals surface area contributed by atoms with Crippen molar-refractivity contribution in [3.05, 3.63) is 22.2 Å². The molecule has 6 heteroatoms. The first-order valence-electron chi connectivity index (χ1n) is 8.20. The minimum Gasteiger partial charge on any atom is -1.00 e. The molecule has 0 aromatic rings. The van der Waals surface area contributed by atoms with Crippen LogP contribution in [0.25, 0.3) is 0 Å². The summed E-state index contributed by atoms with van der Waals surface area (Å²) in [7, 11) is 0. The first-order chi connectivity index (χ1) is 10.8. The minimum absolute atomic E-state index is 0. The predicted molar refractivity (Wildman–Crippen MR) is 113 cm³/mol. The van der Waals surface area contributed by atoms with Gasteiger partial charge < -0.3 is 16.9 Å². The maximum atomic E-state index is 6.63. The van der Waals surface area contributed by atoms with E-state index in [0.29, 0.717) is 5.03 Å². The van der Waals surface area contributed by atoms with Crippen molar-refractivity contribution in [3.63, 3.8) is 0 Å². The largest absolute Gasteiger partial charge is 1.00 e. The average molecular weight is 525 g/mol. The molecule has 1 rings (SSSR count). The second kappa shape index (κ2) is 11.6. The van der Waals surface area contributed by atoms with Crippen molar-refractivity contribution in [2.45, 2.75) is 48.3 Å². The normalized spacial score (nSPS) is 23.8. The minimum atomic E-state index is -0.363. The van der Waals surface area contributed by atoms with Crippen LogP contribution in [0.15, 0.2) is 22.2 Å². The second-order valence-corrected chi connectivity index (χ2v) is 9.56. The number of alkyl halides is 2. The average Bonchev–Trinajstić information content (AvgIpc) is 2.49. The molecule has 1 nitrogen and oxygen atoms in total. The molecule has 0 spiro atoms. The first-order valence-corrected chi connectivity index (χ1v) is 10.5. The molecule has 0 heterocycles. The van der Waals surface area contributed by atoms with Gasteiger partial charge in [0.1, 0.15) is 16.5 Å².